The quantitative estimate of drug-likeness (QED) is 0.777. The number of carbonyl (C=O) groups is 3. The van der Waals surface area contributed by atoms with Gasteiger partial charge in [-0.2, -0.15) is 0 Å². The number of anilines is 1. The number of halogens is 1. The maximum atomic E-state index is 12.8. The number of carbonyl (C=O) groups excluding carboxylic acids is 3. The van der Waals surface area contributed by atoms with Gasteiger partial charge in [0.15, 0.2) is 6.61 Å². The van der Waals surface area contributed by atoms with Gasteiger partial charge in [0.05, 0.1) is 0 Å². The Balaban J connectivity index is 1.74. The number of benzene rings is 2. The first-order chi connectivity index (χ1) is 12.3. The summed E-state index contributed by atoms with van der Waals surface area (Å²) in [4.78, 5) is 35.3. The summed E-state index contributed by atoms with van der Waals surface area (Å²) in [5.74, 6) is -2.13. The van der Waals surface area contributed by atoms with Gasteiger partial charge in [0.25, 0.3) is 11.8 Å². The molecule has 26 heavy (non-hydrogen) atoms. The molecule has 0 saturated carbocycles. The van der Waals surface area contributed by atoms with Crippen molar-refractivity contribution in [2.24, 2.45) is 0 Å². The normalized spacial score (nSPS) is 10.1. The lowest BCUT2D eigenvalue weighted by Gasteiger charge is -2.08. The Kier molecular flexibility index (Phi) is 6.43. The van der Waals surface area contributed by atoms with Crippen LogP contribution in [0.4, 0.5) is 10.1 Å². The van der Waals surface area contributed by atoms with E-state index >= 15 is 0 Å². The van der Waals surface area contributed by atoms with Gasteiger partial charge in [-0.1, -0.05) is 6.07 Å². The van der Waals surface area contributed by atoms with Gasteiger partial charge in [-0.05, 0) is 61.4 Å². The number of hydrogen-bond donors (Lipinski definition) is 2. The second kappa shape index (κ2) is 8.75. The van der Waals surface area contributed by atoms with Crippen LogP contribution in [0.25, 0.3) is 0 Å². The number of rotatable bonds is 6. The molecule has 0 heterocycles. The molecule has 0 fully saturated rings. The third kappa shape index (κ3) is 5.70. The van der Waals surface area contributed by atoms with Crippen LogP contribution in [0.1, 0.15) is 21.5 Å². The van der Waals surface area contributed by atoms with Crippen molar-refractivity contribution in [3.8, 4) is 0 Å². The summed E-state index contributed by atoms with van der Waals surface area (Å²) < 4.78 is 17.6. The van der Waals surface area contributed by atoms with Gasteiger partial charge in [0.1, 0.15) is 12.4 Å². The highest BCUT2D eigenvalue weighted by Crippen LogP contribution is 2.10. The van der Waals surface area contributed by atoms with Gasteiger partial charge in [0.2, 0.25) is 0 Å². The summed E-state index contributed by atoms with van der Waals surface area (Å²) in [6, 6.07) is 10.4. The maximum absolute atomic E-state index is 12.8. The molecule has 7 heteroatoms. The zero-order chi connectivity index (χ0) is 19.1. The Bertz CT molecular complexity index is 819. The second-order valence-electron chi connectivity index (χ2n) is 5.70. The lowest BCUT2D eigenvalue weighted by Crippen LogP contribution is -2.32. The first-order valence-electron chi connectivity index (χ1n) is 7.91. The number of hydrogen-bond acceptors (Lipinski definition) is 4. The fraction of sp³-hybridized carbons (Fsp3) is 0.211. The first kappa shape index (κ1) is 19.1. The van der Waals surface area contributed by atoms with Gasteiger partial charge in [0, 0.05) is 11.3 Å². The van der Waals surface area contributed by atoms with Gasteiger partial charge >= 0.3 is 5.97 Å². The van der Waals surface area contributed by atoms with Crippen molar-refractivity contribution >= 4 is 23.5 Å². The molecule has 2 aromatic rings. The van der Waals surface area contributed by atoms with Crippen LogP contribution < -0.4 is 10.6 Å². The molecule has 0 atom stereocenters. The second-order valence-corrected chi connectivity index (χ2v) is 5.70. The molecule has 136 valence electrons. The van der Waals surface area contributed by atoms with Gasteiger partial charge in [-0.25, -0.2) is 4.39 Å². The maximum Gasteiger partial charge on any atom is 0.325 e. The third-order valence-electron chi connectivity index (χ3n) is 3.65. The van der Waals surface area contributed by atoms with E-state index in [2.05, 4.69) is 10.6 Å². The summed E-state index contributed by atoms with van der Waals surface area (Å²) in [6.07, 6.45) is 0. The Morgan fingerprint density at radius 1 is 1.00 bits per heavy atom. The van der Waals surface area contributed by atoms with E-state index in [0.29, 0.717) is 11.3 Å². The van der Waals surface area contributed by atoms with Crippen LogP contribution in [0.5, 0.6) is 0 Å². The Morgan fingerprint density at radius 2 is 1.69 bits per heavy atom. The van der Waals surface area contributed by atoms with Crippen LogP contribution in [0, 0.1) is 19.7 Å². The summed E-state index contributed by atoms with van der Waals surface area (Å²) in [7, 11) is 0. The van der Waals surface area contributed by atoms with Gasteiger partial charge in [-0.15, -0.1) is 0 Å². The zero-order valence-electron chi connectivity index (χ0n) is 14.5. The molecule has 0 bridgehead atoms. The van der Waals surface area contributed by atoms with E-state index in [1.807, 2.05) is 19.9 Å². The van der Waals surface area contributed by atoms with Crippen LogP contribution >= 0.6 is 0 Å². The number of amides is 2. The van der Waals surface area contributed by atoms with E-state index in [1.165, 1.54) is 24.3 Å². The highest BCUT2D eigenvalue weighted by Gasteiger charge is 2.11. The Hall–Kier alpha value is -3.22. The molecule has 0 unspecified atom stereocenters. The summed E-state index contributed by atoms with van der Waals surface area (Å²) in [5, 5.41) is 4.89. The SMILES string of the molecule is Cc1ccc(C(=O)NCC(=O)OCC(=O)Nc2ccc(F)cc2)cc1C. The van der Waals surface area contributed by atoms with Crippen molar-refractivity contribution in [2.75, 3.05) is 18.5 Å². The first-order valence-corrected chi connectivity index (χ1v) is 7.91. The van der Waals surface area contributed by atoms with E-state index in [1.54, 1.807) is 12.1 Å². The third-order valence-corrected chi connectivity index (χ3v) is 3.65. The van der Waals surface area contributed by atoms with Crippen LogP contribution in [-0.4, -0.2) is 30.9 Å². The van der Waals surface area contributed by atoms with Crippen LogP contribution in [-0.2, 0) is 14.3 Å². The minimum Gasteiger partial charge on any atom is -0.454 e. The van der Waals surface area contributed by atoms with E-state index in [0.717, 1.165) is 11.1 Å². The van der Waals surface area contributed by atoms with E-state index in [4.69, 9.17) is 4.74 Å². The number of ether oxygens (including phenoxy) is 1. The van der Waals surface area contributed by atoms with Crippen molar-refractivity contribution in [2.45, 2.75) is 13.8 Å². The fourth-order valence-corrected chi connectivity index (χ4v) is 2.06. The van der Waals surface area contributed by atoms with Crippen molar-refractivity contribution in [3.05, 3.63) is 65.0 Å². The van der Waals surface area contributed by atoms with Crippen LogP contribution in [0.3, 0.4) is 0 Å². The summed E-state index contributed by atoms with van der Waals surface area (Å²) in [6.45, 7) is 2.97. The lowest BCUT2D eigenvalue weighted by molar-refractivity contribution is -0.146. The molecule has 2 amide bonds. The molecule has 0 radical (unpaired) electrons. The Morgan fingerprint density at radius 3 is 2.35 bits per heavy atom. The standard InChI is InChI=1S/C19H19FN2O4/c1-12-3-4-14(9-13(12)2)19(25)21-10-18(24)26-11-17(23)22-16-7-5-15(20)6-8-16/h3-9H,10-11H2,1-2H3,(H,21,25)(H,22,23). The van der Waals surface area contributed by atoms with Crippen molar-refractivity contribution < 1.29 is 23.5 Å². The molecular weight excluding hydrogens is 339 g/mol. The molecule has 6 nitrogen and oxygen atoms in total. The lowest BCUT2D eigenvalue weighted by atomic mass is 10.1. The van der Waals surface area contributed by atoms with Crippen molar-refractivity contribution in [1.82, 2.24) is 5.32 Å². The van der Waals surface area contributed by atoms with E-state index in [-0.39, 0.29) is 6.54 Å². The number of nitrogens with one attached hydrogen (secondary N) is 2. The molecule has 0 aliphatic carbocycles. The molecule has 2 rings (SSSR count). The van der Waals surface area contributed by atoms with Crippen molar-refractivity contribution in [3.63, 3.8) is 0 Å². The zero-order valence-corrected chi connectivity index (χ0v) is 14.5. The predicted molar refractivity (Wildman–Crippen MR) is 94.2 cm³/mol. The molecular formula is C19H19FN2O4. The number of esters is 1. The number of aryl methyl sites for hydroxylation is 2. The Labute approximate surface area is 150 Å². The largest absolute Gasteiger partial charge is 0.454 e. The average Bonchev–Trinajstić information content (AvgIpc) is 2.62. The fourth-order valence-electron chi connectivity index (χ4n) is 2.06. The monoisotopic (exact) mass is 358 g/mol. The molecule has 0 aliphatic heterocycles. The minimum atomic E-state index is -0.739. The van der Waals surface area contributed by atoms with E-state index in [9.17, 15) is 18.8 Å². The molecule has 0 aliphatic rings. The predicted octanol–water partition coefficient (Wildman–Crippen LogP) is 2.35. The average molecular weight is 358 g/mol. The smallest absolute Gasteiger partial charge is 0.325 e. The molecule has 0 aromatic heterocycles. The minimum absolute atomic E-state index is 0.352. The summed E-state index contributed by atoms with van der Waals surface area (Å²) >= 11 is 0. The highest BCUT2D eigenvalue weighted by molar-refractivity contribution is 5.96. The highest BCUT2D eigenvalue weighted by atomic mass is 19.1. The van der Waals surface area contributed by atoms with Gasteiger partial charge in [-0.3, -0.25) is 14.4 Å². The molecule has 2 aromatic carbocycles. The van der Waals surface area contributed by atoms with E-state index < -0.39 is 30.2 Å². The van der Waals surface area contributed by atoms with Gasteiger partial charge < -0.3 is 15.4 Å². The van der Waals surface area contributed by atoms with Crippen molar-refractivity contribution in [1.29, 1.82) is 0 Å². The molecule has 2 N–H and O–H groups in total. The van der Waals surface area contributed by atoms with Crippen LogP contribution in [0.2, 0.25) is 0 Å². The summed E-state index contributed by atoms with van der Waals surface area (Å²) in [5.41, 5.74) is 2.86. The molecule has 0 saturated heterocycles. The molecule has 0 spiro atoms. The van der Waals surface area contributed by atoms with Crippen LogP contribution in [0.15, 0.2) is 42.5 Å². The topological polar surface area (TPSA) is 84.5 Å².